The van der Waals surface area contributed by atoms with Crippen molar-refractivity contribution in [3.05, 3.63) is 89.7 Å². The van der Waals surface area contributed by atoms with E-state index in [0.29, 0.717) is 13.2 Å². The first-order valence-electron chi connectivity index (χ1n) is 8.43. The molecule has 3 rings (SSSR count). The highest BCUT2D eigenvalue weighted by molar-refractivity contribution is 5.90. The minimum absolute atomic E-state index is 0.276. The zero-order valence-corrected chi connectivity index (χ0v) is 14.6. The molecule has 1 aromatic heterocycles. The summed E-state index contributed by atoms with van der Waals surface area (Å²) in [5.74, 6) is 0.789. The van der Waals surface area contributed by atoms with Crippen LogP contribution in [-0.2, 0) is 13.2 Å². The second kappa shape index (κ2) is 8.67. The molecule has 0 saturated heterocycles. The molecule has 0 atom stereocenters. The van der Waals surface area contributed by atoms with Crippen LogP contribution in [0.1, 0.15) is 16.8 Å². The van der Waals surface area contributed by atoms with Crippen LogP contribution >= 0.6 is 0 Å². The van der Waals surface area contributed by atoms with Gasteiger partial charge in [0.05, 0.1) is 12.2 Å². The van der Waals surface area contributed by atoms with Crippen LogP contribution in [0.15, 0.2) is 72.9 Å². The average molecular weight is 347 g/mol. The average Bonchev–Trinajstić information content (AvgIpc) is 2.67. The number of hydrogen-bond donors (Lipinski definition) is 2. The molecule has 3 aromatic rings. The fourth-order valence-corrected chi connectivity index (χ4v) is 2.48. The number of nitrogens with zero attached hydrogens (tertiary/aromatic N) is 1. The fourth-order valence-electron chi connectivity index (χ4n) is 2.48. The molecular weight excluding hydrogens is 326 g/mol. The number of amides is 2. The van der Waals surface area contributed by atoms with Crippen LogP contribution < -0.4 is 15.4 Å². The van der Waals surface area contributed by atoms with Gasteiger partial charge in [-0.3, -0.25) is 4.98 Å². The van der Waals surface area contributed by atoms with Gasteiger partial charge in [0.25, 0.3) is 0 Å². The summed E-state index contributed by atoms with van der Waals surface area (Å²) in [5, 5.41) is 5.71. The molecule has 0 bridgehead atoms. The van der Waals surface area contributed by atoms with Crippen LogP contribution in [0.2, 0.25) is 0 Å². The number of pyridine rings is 1. The van der Waals surface area contributed by atoms with Gasteiger partial charge in [-0.15, -0.1) is 0 Å². The molecule has 26 heavy (non-hydrogen) atoms. The maximum Gasteiger partial charge on any atom is 0.319 e. The number of carbonyl (C=O) groups excluding carboxylic acids is 1. The highest BCUT2D eigenvalue weighted by Crippen LogP contribution is 2.18. The smallest absolute Gasteiger partial charge is 0.319 e. The van der Waals surface area contributed by atoms with Gasteiger partial charge in [0, 0.05) is 17.4 Å². The Morgan fingerprint density at radius 2 is 1.77 bits per heavy atom. The number of hydrogen-bond acceptors (Lipinski definition) is 3. The van der Waals surface area contributed by atoms with E-state index in [2.05, 4.69) is 15.6 Å². The minimum atomic E-state index is -0.276. The molecule has 1 heterocycles. The van der Waals surface area contributed by atoms with Crippen molar-refractivity contribution in [2.75, 3.05) is 5.32 Å². The molecule has 5 heteroatoms. The Morgan fingerprint density at radius 1 is 1.00 bits per heavy atom. The molecule has 0 saturated carbocycles. The van der Waals surface area contributed by atoms with Crippen LogP contribution in [0, 0.1) is 6.92 Å². The Bertz CT molecular complexity index is 866. The topological polar surface area (TPSA) is 63.2 Å². The van der Waals surface area contributed by atoms with Crippen molar-refractivity contribution in [2.45, 2.75) is 20.1 Å². The number of urea groups is 1. The monoisotopic (exact) mass is 347 g/mol. The van der Waals surface area contributed by atoms with Crippen molar-refractivity contribution in [3.8, 4) is 5.75 Å². The van der Waals surface area contributed by atoms with Gasteiger partial charge in [0.15, 0.2) is 0 Å². The van der Waals surface area contributed by atoms with Crippen LogP contribution in [0.3, 0.4) is 0 Å². The first kappa shape index (κ1) is 17.5. The predicted octanol–water partition coefficient (Wildman–Crippen LogP) is 4.29. The molecule has 0 aliphatic heterocycles. The van der Waals surface area contributed by atoms with Crippen LogP contribution in [0.5, 0.6) is 5.75 Å². The van der Waals surface area contributed by atoms with Crippen LogP contribution in [0.25, 0.3) is 0 Å². The van der Waals surface area contributed by atoms with E-state index in [1.165, 1.54) is 0 Å². The summed E-state index contributed by atoms with van der Waals surface area (Å²) in [6.07, 6.45) is 1.72. The predicted molar refractivity (Wildman–Crippen MR) is 102 cm³/mol. The van der Waals surface area contributed by atoms with Gasteiger partial charge in [-0.05, 0) is 36.8 Å². The lowest BCUT2D eigenvalue weighted by Gasteiger charge is -2.13. The number of anilines is 1. The first-order chi connectivity index (χ1) is 12.7. The summed E-state index contributed by atoms with van der Waals surface area (Å²) in [7, 11) is 0. The third-order valence-corrected chi connectivity index (χ3v) is 3.94. The molecule has 2 aromatic carbocycles. The second-order valence-electron chi connectivity index (χ2n) is 5.83. The fraction of sp³-hybridized carbons (Fsp3) is 0.143. The SMILES string of the molecule is Cc1cccnc1CNC(=O)Nc1ccccc1COc1ccccc1. The number of para-hydroxylation sites is 2. The van der Waals surface area contributed by atoms with Gasteiger partial charge in [0.2, 0.25) is 0 Å². The lowest BCUT2D eigenvalue weighted by Crippen LogP contribution is -2.29. The molecule has 0 fully saturated rings. The zero-order chi connectivity index (χ0) is 18.2. The number of nitrogens with one attached hydrogen (secondary N) is 2. The van der Waals surface area contributed by atoms with Gasteiger partial charge in [-0.25, -0.2) is 4.79 Å². The highest BCUT2D eigenvalue weighted by Gasteiger charge is 2.08. The Hall–Kier alpha value is -3.34. The first-order valence-corrected chi connectivity index (χ1v) is 8.43. The Balaban J connectivity index is 1.59. The standard InChI is InChI=1S/C21H21N3O2/c1-16-8-7-13-22-20(16)14-23-21(25)24-19-12-6-5-9-17(19)15-26-18-10-3-2-4-11-18/h2-13H,14-15H2,1H3,(H2,23,24,25). The van der Waals surface area contributed by atoms with Crippen LogP contribution in [0.4, 0.5) is 10.5 Å². The molecule has 0 radical (unpaired) electrons. The van der Waals surface area contributed by atoms with Crippen molar-refractivity contribution in [3.63, 3.8) is 0 Å². The van der Waals surface area contributed by atoms with E-state index >= 15 is 0 Å². The van der Waals surface area contributed by atoms with E-state index in [1.54, 1.807) is 6.20 Å². The van der Waals surface area contributed by atoms with E-state index in [-0.39, 0.29) is 6.03 Å². The third kappa shape index (κ3) is 4.83. The van der Waals surface area contributed by atoms with E-state index in [9.17, 15) is 4.79 Å². The molecule has 5 nitrogen and oxygen atoms in total. The molecule has 2 amide bonds. The third-order valence-electron chi connectivity index (χ3n) is 3.94. The van der Waals surface area contributed by atoms with Gasteiger partial charge >= 0.3 is 6.03 Å². The van der Waals surface area contributed by atoms with Crippen LogP contribution in [-0.4, -0.2) is 11.0 Å². The van der Waals surface area contributed by atoms with Gasteiger partial charge in [0.1, 0.15) is 12.4 Å². The Kier molecular flexibility index (Phi) is 5.83. The summed E-state index contributed by atoms with van der Waals surface area (Å²) >= 11 is 0. The number of aryl methyl sites for hydroxylation is 1. The lowest BCUT2D eigenvalue weighted by molar-refractivity contribution is 0.251. The summed E-state index contributed by atoms with van der Waals surface area (Å²) in [6, 6.07) is 20.7. The molecule has 0 aliphatic rings. The normalized spacial score (nSPS) is 10.2. The summed E-state index contributed by atoms with van der Waals surface area (Å²) in [5.41, 5.74) is 3.52. The molecule has 2 N–H and O–H groups in total. The minimum Gasteiger partial charge on any atom is -0.489 e. The number of ether oxygens (including phenoxy) is 1. The number of benzene rings is 2. The van der Waals surface area contributed by atoms with Crippen molar-refractivity contribution in [1.29, 1.82) is 0 Å². The largest absolute Gasteiger partial charge is 0.489 e. The van der Waals surface area contributed by atoms with Crippen molar-refractivity contribution in [2.24, 2.45) is 0 Å². The second-order valence-corrected chi connectivity index (χ2v) is 5.83. The lowest BCUT2D eigenvalue weighted by atomic mass is 10.2. The highest BCUT2D eigenvalue weighted by atomic mass is 16.5. The van der Waals surface area contributed by atoms with Crippen molar-refractivity contribution >= 4 is 11.7 Å². The Morgan fingerprint density at radius 3 is 2.58 bits per heavy atom. The number of rotatable bonds is 6. The van der Waals surface area contributed by atoms with Gasteiger partial charge < -0.3 is 15.4 Å². The molecular formula is C21H21N3O2. The number of carbonyl (C=O) groups is 1. The molecule has 0 spiro atoms. The Labute approximate surface area is 153 Å². The van der Waals surface area contributed by atoms with Gasteiger partial charge in [-0.2, -0.15) is 0 Å². The zero-order valence-electron chi connectivity index (χ0n) is 14.6. The van der Waals surface area contributed by atoms with E-state index in [4.69, 9.17) is 4.74 Å². The maximum atomic E-state index is 12.2. The number of aromatic nitrogens is 1. The summed E-state index contributed by atoms with van der Waals surface area (Å²) < 4.78 is 5.78. The maximum absolute atomic E-state index is 12.2. The molecule has 0 unspecified atom stereocenters. The summed E-state index contributed by atoms with van der Waals surface area (Å²) in [6.45, 7) is 2.72. The summed E-state index contributed by atoms with van der Waals surface area (Å²) in [4.78, 5) is 16.5. The van der Waals surface area contributed by atoms with Gasteiger partial charge in [-0.1, -0.05) is 42.5 Å². The van der Waals surface area contributed by atoms with E-state index < -0.39 is 0 Å². The van der Waals surface area contributed by atoms with E-state index in [1.807, 2.05) is 73.7 Å². The molecule has 0 aliphatic carbocycles. The molecule has 132 valence electrons. The van der Waals surface area contributed by atoms with Crippen molar-refractivity contribution in [1.82, 2.24) is 10.3 Å². The van der Waals surface area contributed by atoms with E-state index in [0.717, 1.165) is 28.3 Å². The van der Waals surface area contributed by atoms with Crippen molar-refractivity contribution < 1.29 is 9.53 Å². The quantitative estimate of drug-likeness (QED) is 0.699.